The van der Waals surface area contributed by atoms with Crippen molar-refractivity contribution in [3.05, 3.63) is 0 Å². The van der Waals surface area contributed by atoms with Gasteiger partial charge in [0.25, 0.3) is 0 Å². The lowest BCUT2D eigenvalue weighted by atomic mass is 10.2. The Labute approximate surface area is 55.6 Å². The Morgan fingerprint density at radius 1 is 1.78 bits per heavy atom. The molecule has 2 unspecified atom stereocenters. The molecule has 0 saturated carbocycles. The predicted octanol–water partition coefficient (Wildman–Crippen LogP) is -0.00350. The molecule has 1 rings (SSSR count). The minimum atomic E-state index is -0.0128. The zero-order chi connectivity index (χ0) is 6.69. The number of hydrogen-bond donors (Lipinski definition) is 1. The Bertz CT molecular complexity index is 119. The maximum atomic E-state index is 5.24. The van der Waals surface area contributed by atoms with Crippen molar-refractivity contribution < 1.29 is 4.74 Å². The molecule has 1 aliphatic heterocycles. The average molecular weight is 125 g/mol. The van der Waals surface area contributed by atoms with Gasteiger partial charge in [-0.15, -0.1) is 6.42 Å². The summed E-state index contributed by atoms with van der Waals surface area (Å²) in [6.07, 6.45) is 5.12. The molecule has 0 aromatic carbocycles. The second-order valence-electron chi connectivity index (χ2n) is 2.30. The number of terminal acetylenes is 1. The van der Waals surface area contributed by atoms with E-state index in [-0.39, 0.29) is 6.10 Å². The van der Waals surface area contributed by atoms with Gasteiger partial charge in [0.15, 0.2) is 0 Å². The zero-order valence-electron chi connectivity index (χ0n) is 5.55. The third-order valence-electron chi connectivity index (χ3n) is 1.39. The van der Waals surface area contributed by atoms with E-state index >= 15 is 0 Å². The van der Waals surface area contributed by atoms with Crippen molar-refractivity contribution in [2.24, 2.45) is 0 Å². The Morgan fingerprint density at radius 3 is 3.00 bits per heavy atom. The summed E-state index contributed by atoms with van der Waals surface area (Å²) in [6, 6.07) is 0.453. The van der Waals surface area contributed by atoms with Crippen LogP contribution in [0.15, 0.2) is 0 Å². The molecule has 1 heterocycles. The molecule has 0 spiro atoms. The fourth-order valence-electron chi connectivity index (χ4n) is 0.794. The standard InChI is InChI=1S/C7H11NO/c1-3-7-4-8-6(2)5-9-7/h1,6-8H,4-5H2,2H3. The zero-order valence-corrected chi connectivity index (χ0v) is 5.55. The number of hydrogen-bond acceptors (Lipinski definition) is 2. The van der Waals surface area contributed by atoms with Crippen molar-refractivity contribution in [2.45, 2.75) is 19.1 Å². The van der Waals surface area contributed by atoms with E-state index in [1.165, 1.54) is 0 Å². The van der Waals surface area contributed by atoms with Crippen LogP contribution in [-0.2, 0) is 4.74 Å². The van der Waals surface area contributed by atoms with Gasteiger partial charge < -0.3 is 10.1 Å². The van der Waals surface area contributed by atoms with E-state index < -0.39 is 0 Å². The molecule has 0 aliphatic carbocycles. The van der Waals surface area contributed by atoms with E-state index in [0.29, 0.717) is 6.04 Å². The first-order valence-electron chi connectivity index (χ1n) is 3.14. The first-order chi connectivity index (χ1) is 4.33. The van der Waals surface area contributed by atoms with Crippen molar-refractivity contribution in [3.8, 4) is 12.3 Å². The SMILES string of the molecule is C#CC1CNC(C)CO1. The highest BCUT2D eigenvalue weighted by Crippen LogP contribution is 1.97. The lowest BCUT2D eigenvalue weighted by Crippen LogP contribution is -2.43. The highest BCUT2D eigenvalue weighted by Gasteiger charge is 2.14. The Kier molecular flexibility index (Phi) is 2.10. The summed E-state index contributed by atoms with van der Waals surface area (Å²) in [4.78, 5) is 0. The Balaban J connectivity index is 2.28. The molecule has 1 saturated heterocycles. The van der Waals surface area contributed by atoms with Crippen LogP contribution in [0.5, 0.6) is 0 Å². The smallest absolute Gasteiger partial charge is 0.130 e. The summed E-state index contributed by atoms with van der Waals surface area (Å²) >= 11 is 0. The quantitative estimate of drug-likeness (QED) is 0.460. The van der Waals surface area contributed by atoms with E-state index in [0.717, 1.165) is 13.2 Å². The van der Waals surface area contributed by atoms with Gasteiger partial charge in [0, 0.05) is 12.6 Å². The van der Waals surface area contributed by atoms with E-state index in [2.05, 4.69) is 18.2 Å². The average Bonchev–Trinajstić information content (AvgIpc) is 1.90. The summed E-state index contributed by atoms with van der Waals surface area (Å²) in [5, 5.41) is 3.22. The minimum absolute atomic E-state index is 0.0128. The molecule has 2 heteroatoms. The molecule has 0 amide bonds. The van der Waals surface area contributed by atoms with Crippen LogP contribution in [0.2, 0.25) is 0 Å². The fraction of sp³-hybridized carbons (Fsp3) is 0.714. The van der Waals surface area contributed by atoms with E-state index in [1.54, 1.807) is 0 Å². The molecule has 0 aromatic heterocycles. The van der Waals surface area contributed by atoms with Crippen LogP contribution in [-0.4, -0.2) is 25.3 Å². The first kappa shape index (κ1) is 6.60. The van der Waals surface area contributed by atoms with Gasteiger partial charge in [-0.1, -0.05) is 5.92 Å². The van der Waals surface area contributed by atoms with E-state index in [9.17, 15) is 0 Å². The van der Waals surface area contributed by atoms with Crippen LogP contribution in [0.1, 0.15) is 6.92 Å². The summed E-state index contributed by atoms with van der Waals surface area (Å²) in [5.41, 5.74) is 0. The molecule has 50 valence electrons. The van der Waals surface area contributed by atoms with Gasteiger partial charge in [-0.05, 0) is 6.92 Å². The minimum Gasteiger partial charge on any atom is -0.363 e. The summed E-state index contributed by atoms with van der Waals surface area (Å²) in [5.74, 6) is 2.54. The third kappa shape index (κ3) is 1.70. The molecule has 2 atom stereocenters. The van der Waals surface area contributed by atoms with Crippen LogP contribution < -0.4 is 5.32 Å². The topological polar surface area (TPSA) is 21.3 Å². The summed E-state index contributed by atoms with van der Waals surface area (Å²) in [7, 11) is 0. The Morgan fingerprint density at radius 2 is 2.56 bits per heavy atom. The number of morpholine rings is 1. The van der Waals surface area contributed by atoms with Gasteiger partial charge in [0.2, 0.25) is 0 Å². The van der Waals surface area contributed by atoms with Crippen molar-refractivity contribution in [1.82, 2.24) is 5.32 Å². The van der Waals surface area contributed by atoms with Crippen LogP contribution in [0.3, 0.4) is 0 Å². The maximum absolute atomic E-state index is 5.24. The highest BCUT2D eigenvalue weighted by atomic mass is 16.5. The molecule has 0 radical (unpaired) electrons. The van der Waals surface area contributed by atoms with Gasteiger partial charge in [0.05, 0.1) is 6.61 Å². The molecule has 1 aliphatic rings. The van der Waals surface area contributed by atoms with Crippen molar-refractivity contribution in [3.63, 3.8) is 0 Å². The van der Waals surface area contributed by atoms with Gasteiger partial charge in [-0.3, -0.25) is 0 Å². The molecule has 1 fully saturated rings. The van der Waals surface area contributed by atoms with Crippen LogP contribution >= 0.6 is 0 Å². The first-order valence-corrected chi connectivity index (χ1v) is 3.14. The second kappa shape index (κ2) is 2.86. The summed E-state index contributed by atoms with van der Waals surface area (Å²) in [6.45, 7) is 3.60. The third-order valence-corrected chi connectivity index (χ3v) is 1.39. The fourth-order valence-corrected chi connectivity index (χ4v) is 0.794. The van der Waals surface area contributed by atoms with Gasteiger partial charge >= 0.3 is 0 Å². The largest absolute Gasteiger partial charge is 0.363 e. The van der Waals surface area contributed by atoms with E-state index in [1.807, 2.05) is 0 Å². The van der Waals surface area contributed by atoms with E-state index in [4.69, 9.17) is 11.2 Å². The van der Waals surface area contributed by atoms with Crippen molar-refractivity contribution >= 4 is 0 Å². The lowest BCUT2D eigenvalue weighted by molar-refractivity contribution is 0.0419. The van der Waals surface area contributed by atoms with Gasteiger partial charge in [-0.2, -0.15) is 0 Å². The number of nitrogens with one attached hydrogen (secondary N) is 1. The normalized spacial score (nSPS) is 35.6. The van der Waals surface area contributed by atoms with Crippen molar-refractivity contribution in [1.29, 1.82) is 0 Å². The lowest BCUT2D eigenvalue weighted by Gasteiger charge is -2.24. The summed E-state index contributed by atoms with van der Waals surface area (Å²) < 4.78 is 5.24. The molecule has 2 nitrogen and oxygen atoms in total. The van der Waals surface area contributed by atoms with Crippen LogP contribution in [0.4, 0.5) is 0 Å². The molecule has 9 heavy (non-hydrogen) atoms. The number of rotatable bonds is 0. The molecule has 0 bridgehead atoms. The molecular weight excluding hydrogens is 114 g/mol. The van der Waals surface area contributed by atoms with Crippen LogP contribution in [0, 0.1) is 12.3 Å². The maximum Gasteiger partial charge on any atom is 0.130 e. The van der Waals surface area contributed by atoms with Gasteiger partial charge in [0.1, 0.15) is 6.10 Å². The Hall–Kier alpha value is -0.520. The van der Waals surface area contributed by atoms with Gasteiger partial charge in [-0.25, -0.2) is 0 Å². The monoisotopic (exact) mass is 125 g/mol. The molecule has 0 aromatic rings. The van der Waals surface area contributed by atoms with Crippen molar-refractivity contribution in [2.75, 3.05) is 13.2 Å². The second-order valence-corrected chi connectivity index (χ2v) is 2.30. The predicted molar refractivity (Wildman–Crippen MR) is 36.0 cm³/mol. The highest BCUT2D eigenvalue weighted by molar-refractivity contribution is 4.97. The molecular formula is C7H11NO. The number of ether oxygens (including phenoxy) is 1. The molecule has 1 N–H and O–H groups in total. The van der Waals surface area contributed by atoms with Crippen LogP contribution in [0.25, 0.3) is 0 Å².